The molecule has 0 bridgehead atoms. The minimum atomic E-state index is -0.660. The van der Waals surface area contributed by atoms with Crippen molar-refractivity contribution in [2.24, 2.45) is 0 Å². The van der Waals surface area contributed by atoms with Crippen LogP contribution < -0.4 is 10.9 Å². The first-order valence-corrected chi connectivity index (χ1v) is 6.72. The van der Waals surface area contributed by atoms with Gasteiger partial charge in [0.05, 0.1) is 28.4 Å². The summed E-state index contributed by atoms with van der Waals surface area (Å²) in [6, 6.07) is 2.86. The summed E-state index contributed by atoms with van der Waals surface area (Å²) in [6.07, 6.45) is -0.660. The largest absolute Gasteiger partial charge is 0.465 e. The van der Waals surface area contributed by atoms with E-state index in [4.69, 9.17) is 27.9 Å². The maximum absolute atomic E-state index is 11.5. The van der Waals surface area contributed by atoms with Crippen molar-refractivity contribution in [2.45, 2.75) is 26.4 Å². The summed E-state index contributed by atoms with van der Waals surface area (Å²) in [4.78, 5) is 23.0. The fourth-order valence-corrected chi connectivity index (χ4v) is 2.01. The Morgan fingerprint density at radius 3 is 2.10 bits per heavy atom. The summed E-state index contributed by atoms with van der Waals surface area (Å²) >= 11 is 11.9. The number of ether oxygens (including phenoxy) is 2. The van der Waals surface area contributed by atoms with Crippen LogP contribution in [0.3, 0.4) is 0 Å². The molecule has 0 heterocycles. The summed E-state index contributed by atoms with van der Waals surface area (Å²) in [7, 11) is 1.23. The minimum absolute atomic E-state index is 0.0589. The SMILES string of the molecule is COC(=O)c1c(Cl)cc(NNC(=O)OC(C)(C)C)cc1Cl. The van der Waals surface area contributed by atoms with Gasteiger partial charge in [-0.25, -0.2) is 15.0 Å². The highest BCUT2D eigenvalue weighted by atomic mass is 35.5. The molecular weight excluding hydrogens is 319 g/mol. The third-order valence-electron chi connectivity index (χ3n) is 2.14. The quantitative estimate of drug-likeness (QED) is 0.652. The van der Waals surface area contributed by atoms with Gasteiger partial charge >= 0.3 is 12.1 Å². The van der Waals surface area contributed by atoms with Crippen molar-refractivity contribution >= 4 is 41.0 Å². The van der Waals surface area contributed by atoms with Gasteiger partial charge < -0.3 is 9.47 Å². The standard InChI is InChI=1S/C13H16Cl2N2O4/c1-13(2,3)21-12(19)17-16-7-5-8(14)10(9(15)6-7)11(18)20-4/h5-6,16H,1-4H3,(H,17,19). The van der Waals surface area contributed by atoms with Crippen LogP contribution in [0.15, 0.2) is 12.1 Å². The fraction of sp³-hybridized carbons (Fsp3) is 0.385. The Labute approximate surface area is 132 Å². The number of methoxy groups -OCH3 is 1. The topological polar surface area (TPSA) is 76.7 Å². The molecule has 8 heteroatoms. The van der Waals surface area contributed by atoms with Crippen molar-refractivity contribution in [3.8, 4) is 0 Å². The highest BCUT2D eigenvalue weighted by Crippen LogP contribution is 2.29. The van der Waals surface area contributed by atoms with Crippen LogP contribution in [0.4, 0.5) is 10.5 Å². The van der Waals surface area contributed by atoms with Crippen LogP contribution in [0.5, 0.6) is 0 Å². The van der Waals surface area contributed by atoms with Gasteiger partial charge in [-0.1, -0.05) is 23.2 Å². The van der Waals surface area contributed by atoms with Crippen molar-refractivity contribution in [3.05, 3.63) is 27.7 Å². The molecule has 1 amide bonds. The van der Waals surface area contributed by atoms with Crippen molar-refractivity contribution in [3.63, 3.8) is 0 Å². The highest BCUT2D eigenvalue weighted by molar-refractivity contribution is 6.39. The lowest BCUT2D eigenvalue weighted by Crippen LogP contribution is -2.35. The maximum atomic E-state index is 11.5. The zero-order chi connectivity index (χ0) is 16.2. The van der Waals surface area contributed by atoms with Crippen molar-refractivity contribution < 1.29 is 19.1 Å². The lowest BCUT2D eigenvalue weighted by Gasteiger charge is -2.20. The Balaban J connectivity index is 2.79. The Kier molecular flexibility index (Phi) is 5.69. The first-order valence-electron chi connectivity index (χ1n) is 5.96. The number of nitrogens with one attached hydrogen (secondary N) is 2. The zero-order valence-corrected chi connectivity index (χ0v) is 13.6. The molecule has 6 nitrogen and oxygen atoms in total. The van der Waals surface area contributed by atoms with E-state index in [2.05, 4.69) is 15.6 Å². The van der Waals surface area contributed by atoms with Gasteiger partial charge in [0.2, 0.25) is 0 Å². The van der Waals surface area contributed by atoms with Gasteiger partial charge in [-0.05, 0) is 32.9 Å². The van der Waals surface area contributed by atoms with E-state index in [9.17, 15) is 9.59 Å². The molecule has 116 valence electrons. The Morgan fingerprint density at radius 2 is 1.67 bits per heavy atom. The summed E-state index contributed by atoms with van der Waals surface area (Å²) in [5, 5.41) is 0.200. The van der Waals surface area contributed by atoms with Crippen LogP contribution >= 0.6 is 23.2 Å². The number of hydrazine groups is 1. The molecule has 1 aromatic rings. The van der Waals surface area contributed by atoms with Crippen LogP contribution in [-0.2, 0) is 9.47 Å². The van der Waals surface area contributed by atoms with Crippen LogP contribution in [0.1, 0.15) is 31.1 Å². The van der Waals surface area contributed by atoms with Crippen LogP contribution in [0, 0.1) is 0 Å². The Hall–Kier alpha value is -1.66. The van der Waals surface area contributed by atoms with Gasteiger partial charge in [-0.3, -0.25) is 5.43 Å². The lowest BCUT2D eigenvalue weighted by atomic mass is 10.2. The molecule has 0 aromatic heterocycles. The van der Waals surface area contributed by atoms with Crippen molar-refractivity contribution in [1.82, 2.24) is 5.43 Å². The molecule has 0 fully saturated rings. The van der Waals surface area contributed by atoms with E-state index < -0.39 is 17.7 Å². The second-order valence-corrected chi connectivity index (χ2v) is 5.87. The molecule has 0 aliphatic heterocycles. The first kappa shape index (κ1) is 17.4. The van der Waals surface area contributed by atoms with Gasteiger partial charge in [0.25, 0.3) is 0 Å². The number of anilines is 1. The number of esters is 1. The molecule has 2 N–H and O–H groups in total. The number of hydrogen-bond acceptors (Lipinski definition) is 5. The van der Waals surface area contributed by atoms with E-state index in [0.717, 1.165) is 0 Å². The zero-order valence-electron chi connectivity index (χ0n) is 12.0. The average Bonchev–Trinajstić information content (AvgIpc) is 2.33. The number of carbonyl (C=O) groups is 2. The van der Waals surface area contributed by atoms with E-state index in [1.54, 1.807) is 20.8 Å². The minimum Gasteiger partial charge on any atom is -0.465 e. The third-order valence-corrected chi connectivity index (χ3v) is 2.74. The van der Waals surface area contributed by atoms with Crippen LogP contribution in [0.2, 0.25) is 10.0 Å². The van der Waals surface area contributed by atoms with Gasteiger partial charge in [0, 0.05) is 0 Å². The molecule has 0 saturated heterocycles. The number of rotatable bonds is 3. The second kappa shape index (κ2) is 6.87. The van der Waals surface area contributed by atoms with Crippen molar-refractivity contribution in [1.29, 1.82) is 0 Å². The van der Waals surface area contributed by atoms with Gasteiger partial charge in [-0.2, -0.15) is 0 Å². The normalized spacial score (nSPS) is 10.8. The monoisotopic (exact) mass is 334 g/mol. The van der Waals surface area contributed by atoms with Crippen LogP contribution in [0.25, 0.3) is 0 Å². The van der Waals surface area contributed by atoms with E-state index in [1.165, 1.54) is 19.2 Å². The maximum Gasteiger partial charge on any atom is 0.426 e. The number of amides is 1. The van der Waals surface area contributed by atoms with E-state index in [1.807, 2.05) is 0 Å². The smallest absolute Gasteiger partial charge is 0.426 e. The van der Waals surface area contributed by atoms with E-state index in [0.29, 0.717) is 5.69 Å². The first-order chi connectivity index (χ1) is 9.64. The highest BCUT2D eigenvalue weighted by Gasteiger charge is 2.18. The van der Waals surface area contributed by atoms with Crippen LogP contribution in [-0.4, -0.2) is 24.8 Å². The molecular formula is C13H16Cl2N2O4. The summed E-state index contributed by atoms with van der Waals surface area (Å²) in [6.45, 7) is 5.22. The fourth-order valence-electron chi connectivity index (χ4n) is 1.37. The Bertz CT molecular complexity index is 533. The molecule has 0 unspecified atom stereocenters. The molecule has 1 rings (SSSR count). The van der Waals surface area contributed by atoms with Gasteiger partial charge in [0.1, 0.15) is 5.60 Å². The summed E-state index contributed by atoms with van der Waals surface area (Å²) in [5.41, 5.74) is 4.75. The number of hydrogen-bond donors (Lipinski definition) is 2. The van der Waals surface area contributed by atoms with E-state index >= 15 is 0 Å². The second-order valence-electron chi connectivity index (χ2n) is 5.06. The predicted molar refractivity (Wildman–Crippen MR) is 80.8 cm³/mol. The number of benzene rings is 1. The van der Waals surface area contributed by atoms with Crippen molar-refractivity contribution in [2.75, 3.05) is 12.5 Å². The molecule has 0 radical (unpaired) electrons. The van der Waals surface area contributed by atoms with Gasteiger partial charge in [-0.15, -0.1) is 0 Å². The number of carbonyl (C=O) groups excluding carboxylic acids is 2. The van der Waals surface area contributed by atoms with Gasteiger partial charge in [0.15, 0.2) is 0 Å². The summed E-state index contributed by atoms with van der Waals surface area (Å²) in [5.74, 6) is -0.642. The molecule has 1 aromatic carbocycles. The molecule has 21 heavy (non-hydrogen) atoms. The summed E-state index contributed by atoms with van der Waals surface area (Å²) < 4.78 is 9.62. The Morgan fingerprint density at radius 1 is 1.14 bits per heavy atom. The molecule has 0 spiro atoms. The molecule has 0 saturated carbocycles. The molecule has 0 atom stereocenters. The van der Waals surface area contributed by atoms with E-state index in [-0.39, 0.29) is 15.6 Å². The average molecular weight is 335 g/mol. The predicted octanol–water partition coefficient (Wildman–Crippen LogP) is 3.63. The molecule has 0 aliphatic carbocycles. The number of halogens is 2. The lowest BCUT2D eigenvalue weighted by molar-refractivity contribution is 0.0539. The molecule has 0 aliphatic rings. The third kappa shape index (κ3) is 5.32.